The van der Waals surface area contributed by atoms with Gasteiger partial charge < -0.3 is 51.4 Å². The number of alkyl carbamates (subject to hydrolysis) is 1. The van der Waals surface area contributed by atoms with Crippen molar-refractivity contribution in [3.63, 3.8) is 0 Å². The second-order valence-electron chi connectivity index (χ2n) is 21.7. The third kappa shape index (κ3) is 16.7. The van der Waals surface area contributed by atoms with Crippen LogP contribution in [0.25, 0.3) is 42.5 Å². The summed E-state index contributed by atoms with van der Waals surface area (Å²) in [6, 6.07) is 9.58. The average molecular weight is 1340 g/mol. The molecule has 25 nitrogen and oxygen atoms in total. The minimum atomic E-state index is -1.09. The second-order valence-corrected chi connectivity index (χ2v) is 27.7. The standard InChI is InChI=1S/C59H64N14O11S6/c1-28(2)43-57-73-46(38(90-57)24-82-9)50(79)62-23-42(77)70-47(48(83-30(4)74)31-15-11-10-12-16-31)56-67-36(26-86-56)53-63-22-37(89-53)45-32(18-19-33(64-45)54-69-39(27-87-54)68-40(75)17-13-14-20-61-58(81)84-59(5,6)7)52-66-35(25-85-52)49(78)65-34(21-41(76)60-8)55-72-44(29(3)88-55)51(80)71-43/h10-12,15-16,18-19,22,25-28,34,43,47-48H,13-14,17,20-21,23-24H2,1-9H3,(H,60,76)(H,61,81)(H,62,79)(H,65,78)(H,68,75)(H,70,77)(H,71,80)/t34-,43-,47-,48-/m0/s1. The van der Waals surface area contributed by atoms with Crippen molar-refractivity contribution in [1.82, 2.24) is 66.8 Å². The van der Waals surface area contributed by atoms with Crippen molar-refractivity contribution in [2.75, 3.05) is 32.6 Å². The van der Waals surface area contributed by atoms with E-state index in [1.807, 2.05) is 13.8 Å². The number of hydrogen-bond acceptors (Lipinski definition) is 24. The van der Waals surface area contributed by atoms with Crippen molar-refractivity contribution in [2.24, 2.45) is 5.92 Å². The molecule has 7 aromatic heterocycles. The van der Waals surface area contributed by atoms with E-state index in [9.17, 15) is 38.4 Å². The summed E-state index contributed by atoms with van der Waals surface area (Å²) in [5.41, 5.74) is 1.76. The lowest BCUT2D eigenvalue weighted by atomic mass is 10.0. The molecule has 1 aromatic carbocycles. The van der Waals surface area contributed by atoms with Crippen LogP contribution in [0, 0.1) is 12.8 Å². The van der Waals surface area contributed by atoms with Gasteiger partial charge in [-0.1, -0.05) is 44.2 Å². The molecule has 0 saturated carbocycles. The van der Waals surface area contributed by atoms with E-state index in [2.05, 4.69) is 37.2 Å². The zero-order valence-corrected chi connectivity index (χ0v) is 55.2. The lowest BCUT2D eigenvalue weighted by molar-refractivity contribution is -0.149. The van der Waals surface area contributed by atoms with Gasteiger partial charge in [-0.2, -0.15) is 0 Å². The van der Waals surface area contributed by atoms with E-state index in [0.29, 0.717) is 93.1 Å². The van der Waals surface area contributed by atoms with Crippen molar-refractivity contribution < 1.29 is 52.6 Å². The first kappa shape index (κ1) is 66.1. The van der Waals surface area contributed by atoms with Gasteiger partial charge in [0.1, 0.15) is 70.3 Å². The number of hydrogen-bond donors (Lipinski definition) is 7. The quantitative estimate of drug-likeness (QED) is 0.0371. The summed E-state index contributed by atoms with van der Waals surface area (Å²) in [7, 11) is 2.93. The predicted molar refractivity (Wildman–Crippen MR) is 343 cm³/mol. The number of nitrogens with one attached hydrogen (secondary N) is 7. The maximum Gasteiger partial charge on any atom is 0.407 e. The van der Waals surface area contributed by atoms with Crippen molar-refractivity contribution in [3.8, 4) is 42.5 Å². The fourth-order valence-corrected chi connectivity index (χ4v) is 14.7. The number of anilines is 1. The summed E-state index contributed by atoms with van der Waals surface area (Å²) >= 11 is 7.17. The lowest BCUT2D eigenvalue weighted by Gasteiger charge is -2.26. The largest absolute Gasteiger partial charge is 0.455 e. The van der Waals surface area contributed by atoms with Crippen LogP contribution in [-0.4, -0.2) is 115 Å². The molecule has 90 heavy (non-hydrogen) atoms. The molecule has 0 fully saturated rings. The molecule has 1 aliphatic heterocycles. The van der Waals surface area contributed by atoms with E-state index in [1.165, 1.54) is 66.4 Å². The van der Waals surface area contributed by atoms with E-state index in [4.69, 9.17) is 49.1 Å². The molecule has 472 valence electrons. The molecule has 0 unspecified atom stereocenters. The molecule has 0 saturated heterocycles. The molecule has 0 aliphatic carbocycles. The Kier molecular flexibility index (Phi) is 21.7. The number of carbonyl (C=O) groups excluding carboxylic acids is 8. The molecule has 9 rings (SSSR count). The zero-order valence-electron chi connectivity index (χ0n) is 50.3. The zero-order chi connectivity index (χ0) is 64.4. The van der Waals surface area contributed by atoms with Gasteiger partial charge in [0.2, 0.25) is 17.7 Å². The van der Waals surface area contributed by atoms with E-state index in [0.717, 1.165) is 22.7 Å². The fourth-order valence-electron chi connectivity index (χ4n) is 9.05. The van der Waals surface area contributed by atoms with Crippen molar-refractivity contribution in [1.29, 1.82) is 0 Å². The molecular formula is C59H64N14O11S6. The van der Waals surface area contributed by atoms with Crippen LogP contribution in [0.15, 0.2) is 64.8 Å². The Labute approximate surface area is 541 Å². The summed E-state index contributed by atoms with van der Waals surface area (Å²) < 4.78 is 16.7. The van der Waals surface area contributed by atoms with Crippen LogP contribution in [0.2, 0.25) is 0 Å². The maximum absolute atomic E-state index is 14.4. The molecular weight excluding hydrogens is 1270 g/mol. The molecule has 4 atom stereocenters. The minimum absolute atomic E-state index is 0.0148. The lowest BCUT2D eigenvalue weighted by Crippen LogP contribution is -2.41. The Balaban J connectivity index is 1.09. The monoisotopic (exact) mass is 1340 g/mol. The van der Waals surface area contributed by atoms with Gasteiger partial charge in [-0.25, -0.2) is 39.7 Å². The molecule has 7 N–H and O–H groups in total. The first-order valence-corrected chi connectivity index (χ1v) is 33.3. The number of fused-ring (bicyclic) bond motifs is 14. The van der Waals surface area contributed by atoms with Gasteiger partial charge in [0.15, 0.2) is 6.10 Å². The minimum Gasteiger partial charge on any atom is -0.455 e. The Morgan fingerprint density at radius 2 is 1.48 bits per heavy atom. The number of ether oxygens (including phenoxy) is 3. The number of aryl methyl sites for hydroxylation is 1. The highest BCUT2D eigenvalue weighted by atomic mass is 32.1. The number of amides is 7. The summed E-state index contributed by atoms with van der Waals surface area (Å²) in [4.78, 5) is 143. The third-order valence-electron chi connectivity index (χ3n) is 13.3. The molecule has 8 aromatic rings. The third-order valence-corrected chi connectivity index (χ3v) is 19.2. The second kappa shape index (κ2) is 29.5. The highest BCUT2D eigenvalue weighted by Crippen LogP contribution is 2.42. The molecule has 31 heteroatoms. The number of esters is 1. The number of rotatable bonds is 15. The highest BCUT2D eigenvalue weighted by Gasteiger charge is 2.35. The molecule has 0 spiro atoms. The van der Waals surface area contributed by atoms with Crippen molar-refractivity contribution in [3.05, 3.63) is 112 Å². The highest BCUT2D eigenvalue weighted by molar-refractivity contribution is 7.19. The van der Waals surface area contributed by atoms with Crippen molar-refractivity contribution in [2.45, 2.75) is 111 Å². The number of unbranched alkanes of at least 4 members (excludes halogenated alkanes) is 1. The normalized spacial score (nSPS) is 16.0. The van der Waals surface area contributed by atoms with Crippen LogP contribution >= 0.6 is 68.0 Å². The van der Waals surface area contributed by atoms with E-state index < -0.39 is 78.0 Å². The number of pyridine rings is 1. The Morgan fingerprint density at radius 3 is 2.21 bits per heavy atom. The van der Waals surface area contributed by atoms with Gasteiger partial charge in [0.05, 0.1) is 52.8 Å². The smallest absolute Gasteiger partial charge is 0.407 e. The van der Waals surface area contributed by atoms with E-state index >= 15 is 0 Å². The number of benzene rings is 1. The SMILES string of the molecule is CNC(=O)C[C@@H]1NC(=O)c2csc(n2)-c2ccc(-c3nc(NC(=O)CCCCNC(=O)OC(C)(C)C)cs3)nc2-c2cnc(s2)-c2csc(n2)[C@H]([C@@H](OC(C)=O)c2ccccc2)NC(=O)CNC(=O)c2nc(sc2COC)[C@H](C(C)C)NC(=O)c2nc1sc2C. The first-order valence-electron chi connectivity index (χ1n) is 28.2. The Bertz CT molecular complexity index is 3940. The van der Waals surface area contributed by atoms with E-state index in [-0.39, 0.29) is 53.4 Å². The Hall–Kier alpha value is -8.33. The predicted octanol–water partition coefficient (Wildman–Crippen LogP) is 9.52. The van der Waals surface area contributed by atoms with Gasteiger partial charge in [-0.15, -0.1) is 68.0 Å². The number of methoxy groups -OCH3 is 1. The van der Waals surface area contributed by atoms with Gasteiger partial charge in [0, 0.05) is 66.8 Å². The molecule has 7 amide bonds. The topological polar surface area (TPSA) is 339 Å². The molecule has 10 bridgehead atoms. The van der Waals surface area contributed by atoms with Crippen LogP contribution in [0.3, 0.4) is 0 Å². The average Bonchev–Trinajstić information content (AvgIpc) is 1.61. The van der Waals surface area contributed by atoms with Gasteiger partial charge in [-0.3, -0.25) is 33.6 Å². The summed E-state index contributed by atoms with van der Waals surface area (Å²) in [6.07, 6.45) is 1.01. The Morgan fingerprint density at radius 1 is 0.722 bits per heavy atom. The van der Waals surface area contributed by atoms with Crippen LogP contribution in [0.1, 0.15) is 153 Å². The molecule has 1 aliphatic rings. The number of nitrogens with zero attached hydrogens (tertiary/aromatic N) is 7. The number of thiazole rings is 6. The molecule has 8 heterocycles. The van der Waals surface area contributed by atoms with E-state index in [1.54, 1.807) is 92.5 Å². The van der Waals surface area contributed by atoms with Crippen LogP contribution in [0.5, 0.6) is 0 Å². The number of carbonyl (C=O) groups is 8. The van der Waals surface area contributed by atoms with Crippen molar-refractivity contribution >= 4 is 121 Å². The van der Waals surface area contributed by atoms with Crippen LogP contribution in [0.4, 0.5) is 10.6 Å². The first-order chi connectivity index (χ1) is 43.0. The van der Waals surface area contributed by atoms with Crippen LogP contribution < -0.4 is 37.2 Å². The summed E-state index contributed by atoms with van der Waals surface area (Å²) in [5, 5.41) is 27.2. The van der Waals surface area contributed by atoms with Gasteiger partial charge >= 0.3 is 12.1 Å². The van der Waals surface area contributed by atoms with Gasteiger partial charge in [-0.05, 0) is 64.2 Å². The number of aromatic nitrogens is 7. The van der Waals surface area contributed by atoms with Crippen LogP contribution in [-0.2, 0) is 40.0 Å². The maximum atomic E-state index is 14.4. The fraction of sp³-hybridized carbons (Fsp3) is 0.373. The summed E-state index contributed by atoms with van der Waals surface area (Å²) in [5.74, 6) is -3.77. The summed E-state index contributed by atoms with van der Waals surface area (Å²) in [6.45, 7) is 11.8. The molecule has 0 radical (unpaired) electrons. The van der Waals surface area contributed by atoms with Gasteiger partial charge in [0.25, 0.3) is 17.7 Å².